The molecule has 0 radical (unpaired) electrons. The van der Waals surface area contributed by atoms with E-state index in [1.165, 1.54) is 0 Å². The Morgan fingerprint density at radius 3 is 2.88 bits per heavy atom. The van der Waals surface area contributed by atoms with E-state index in [4.69, 9.17) is 4.42 Å². The van der Waals surface area contributed by atoms with E-state index in [1.54, 1.807) is 0 Å². The van der Waals surface area contributed by atoms with Crippen molar-refractivity contribution in [2.24, 2.45) is 0 Å². The van der Waals surface area contributed by atoms with Gasteiger partial charge in [0.15, 0.2) is 0 Å². The van der Waals surface area contributed by atoms with Crippen LogP contribution in [-0.2, 0) is 9.59 Å². The molecule has 1 atom stereocenters. The minimum absolute atomic E-state index is 0.0246. The molecule has 26 heavy (non-hydrogen) atoms. The smallest absolute Gasteiger partial charge is 0.225 e. The van der Waals surface area contributed by atoms with Gasteiger partial charge in [0, 0.05) is 29.6 Å². The number of benzene rings is 2. The van der Waals surface area contributed by atoms with Crippen LogP contribution in [0.15, 0.2) is 52.9 Å². The Kier molecular flexibility index (Phi) is 4.21. The summed E-state index contributed by atoms with van der Waals surface area (Å²) in [5.74, 6) is 0.569. The van der Waals surface area contributed by atoms with Gasteiger partial charge >= 0.3 is 0 Å². The van der Waals surface area contributed by atoms with Crippen molar-refractivity contribution in [2.45, 2.75) is 32.1 Å². The van der Waals surface area contributed by atoms with Crippen LogP contribution >= 0.6 is 0 Å². The summed E-state index contributed by atoms with van der Waals surface area (Å²) in [7, 11) is 0. The molecule has 0 spiro atoms. The van der Waals surface area contributed by atoms with E-state index < -0.39 is 0 Å². The molecule has 0 bridgehead atoms. The first-order chi connectivity index (χ1) is 12.6. The number of hydrogen-bond acceptors (Lipinski definition) is 3. The van der Waals surface area contributed by atoms with Gasteiger partial charge < -0.3 is 15.1 Å². The van der Waals surface area contributed by atoms with Crippen LogP contribution in [-0.4, -0.2) is 11.8 Å². The monoisotopic (exact) mass is 348 g/mol. The van der Waals surface area contributed by atoms with Gasteiger partial charge in [-0.25, -0.2) is 0 Å². The fraction of sp³-hybridized carbons (Fsp3) is 0.238. The summed E-state index contributed by atoms with van der Waals surface area (Å²) in [6.45, 7) is 1.96. The fourth-order valence-corrected chi connectivity index (χ4v) is 3.42. The second-order valence-corrected chi connectivity index (χ2v) is 6.59. The molecule has 3 aromatic rings. The Bertz CT molecular complexity index is 957. The van der Waals surface area contributed by atoms with E-state index in [1.807, 2.05) is 55.5 Å². The third-order valence-corrected chi connectivity index (χ3v) is 4.64. The molecule has 1 unspecified atom stereocenters. The van der Waals surface area contributed by atoms with Gasteiger partial charge in [0.2, 0.25) is 11.8 Å². The summed E-state index contributed by atoms with van der Waals surface area (Å²) in [5.41, 5.74) is 3.23. The molecule has 1 aromatic heterocycles. The van der Waals surface area contributed by atoms with Gasteiger partial charge in [0.05, 0.1) is 5.92 Å². The molecule has 0 saturated carbocycles. The predicted octanol–water partition coefficient (Wildman–Crippen LogP) is 4.65. The number of furan rings is 1. The van der Waals surface area contributed by atoms with Gasteiger partial charge in [0.1, 0.15) is 11.3 Å². The molecule has 5 nitrogen and oxygen atoms in total. The number of amides is 2. The second kappa shape index (κ2) is 6.67. The topological polar surface area (TPSA) is 71.3 Å². The van der Waals surface area contributed by atoms with Crippen LogP contribution in [0.3, 0.4) is 0 Å². The summed E-state index contributed by atoms with van der Waals surface area (Å²) in [5, 5.41) is 6.80. The number of nitrogens with one attached hydrogen (secondary N) is 2. The van der Waals surface area contributed by atoms with Crippen molar-refractivity contribution in [1.29, 1.82) is 0 Å². The maximum Gasteiger partial charge on any atom is 0.225 e. The van der Waals surface area contributed by atoms with E-state index in [0.29, 0.717) is 18.5 Å². The van der Waals surface area contributed by atoms with Crippen LogP contribution in [0.25, 0.3) is 11.0 Å². The molecule has 1 aliphatic heterocycles. The summed E-state index contributed by atoms with van der Waals surface area (Å²) < 4.78 is 5.99. The third kappa shape index (κ3) is 3.08. The molecule has 2 heterocycles. The Morgan fingerprint density at radius 2 is 2.08 bits per heavy atom. The largest absolute Gasteiger partial charge is 0.460 e. The van der Waals surface area contributed by atoms with Crippen molar-refractivity contribution in [2.75, 3.05) is 10.6 Å². The standard InChI is InChI=1S/C21H20N2O3/c1-2-5-20(24)22-14-8-9-15-16(12-21(25)23-17(15)11-14)19-10-13-6-3-4-7-18(13)26-19/h3-4,6-11,16H,2,5,12H2,1H3,(H,22,24)(H,23,25). The first kappa shape index (κ1) is 16.4. The van der Waals surface area contributed by atoms with Gasteiger partial charge in [-0.05, 0) is 36.2 Å². The number of carbonyl (C=O) groups is 2. The van der Waals surface area contributed by atoms with Crippen LogP contribution in [0, 0.1) is 0 Å². The zero-order valence-electron chi connectivity index (χ0n) is 14.5. The first-order valence-corrected chi connectivity index (χ1v) is 8.86. The maximum atomic E-state index is 12.2. The van der Waals surface area contributed by atoms with Crippen molar-refractivity contribution >= 4 is 34.2 Å². The van der Waals surface area contributed by atoms with Crippen LogP contribution in [0.4, 0.5) is 11.4 Å². The molecule has 2 aromatic carbocycles. The number of hydrogen-bond donors (Lipinski definition) is 2. The maximum absolute atomic E-state index is 12.2. The van der Waals surface area contributed by atoms with E-state index >= 15 is 0 Å². The number of fused-ring (bicyclic) bond motifs is 2. The zero-order chi connectivity index (χ0) is 18.1. The molecule has 2 amide bonds. The molecule has 0 fully saturated rings. The predicted molar refractivity (Wildman–Crippen MR) is 101 cm³/mol. The average Bonchev–Trinajstić information content (AvgIpc) is 3.05. The molecule has 2 N–H and O–H groups in total. The first-order valence-electron chi connectivity index (χ1n) is 8.86. The molecule has 5 heteroatoms. The number of rotatable bonds is 4. The Labute approximate surface area is 151 Å². The highest BCUT2D eigenvalue weighted by atomic mass is 16.3. The molecule has 0 aliphatic carbocycles. The van der Waals surface area contributed by atoms with Crippen molar-refractivity contribution in [3.05, 3.63) is 59.9 Å². The van der Waals surface area contributed by atoms with Gasteiger partial charge in [0.25, 0.3) is 0 Å². The van der Waals surface area contributed by atoms with Crippen LogP contribution in [0.2, 0.25) is 0 Å². The van der Waals surface area contributed by atoms with E-state index in [0.717, 1.165) is 34.4 Å². The van der Waals surface area contributed by atoms with Crippen LogP contribution in [0.5, 0.6) is 0 Å². The lowest BCUT2D eigenvalue weighted by Gasteiger charge is -2.24. The summed E-state index contributed by atoms with van der Waals surface area (Å²) in [4.78, 5) is 24.0. The SMILES string of the molecule is CCCC(=O)Nc1ccc2c(c1)NC(=O)CC2c1cc2ccccc2o1. The number of carbonyl (C=O) groups excluding carboxylic acids is 2. The minimum atomic E-state index is -0.133. The summed E-state index contributed by atoms with van der Waals surface area (Å²) >= 11 is 0. The van der Waals surface area contributed by atoms with Gasteiger partial charge in [-0.2, -0.15) is 0 Å². The van der Waals surface area contributed by atoms with E-state index in [2.05, 4.69) is 10.6 Å². The Morgan fingerprint density at radius 1 is 1.23 bits per heavy atom. The van der Waals surface area contributed by atoms with Crippen molar-refractivity contribution in [1.82, 2.24) is 0 Å². The lowest BCUT2D eigenvalue weighted by Crippen LogP contribution is -2.23. The quantitative estimate of drug-likeness (QED) is 0.721. The normalized spacial score (nSPS) is 16.2. The molecule has 132 valence electrons. The van der Waals surface area contributed by atoms with Crippen molar-refractivity contribution in [3.63, 3.8) is 0 Å². The third-order valence-electron chi connectivity index (χ3n) is 4.64. The number of anilines is 2. The van der Waals surface area contributed by atoms with E-state index in [9.17, 15) is 9.59 Å². The highest BCUT2D eigenvalue weighted by molar-refractivity contribution is 5.97. The second-order valence-electron chi connectivity index (χ2n) is 6.59. The Balaban J connectivity index is 1.69. The minimum Gasteiger partial charge on any atom is -0.460 e. The van der Waals surface area contributed by atoms with Gasteiger partial charge in [-0.15, -0.1) is 0 Å². The summed E-state index contributed by atoms with van der Waals surface area (Å²) in [6, 6.07) is 15.5. The molecular weight excluding hydrogens is 328 g/mol. The highest BCUT2D eigenvalue weighted by Crippen LogP contribution is 2.40. The van der Waals surface area contributed by atoms with Gasteiger partial charge in [-0.3, -0.25) is 9.59 Å². The zero-order valence-corrected chi connectivity index (χ0v) is 14.5. The average molecular weight is 348 g/mol. The molecule has 4 rings (SSSR count). The molecule has 0 saturated heterocycles. The van der Waals surface area contributed by atoms with Crippen molar-refractivity contribution in [3.8, 4) is 0 Å². The molecule has 1 aliphatic rings. The number of para-hydroxylation sites is 1. The van der Waals surface area contributed by atoms with E-state index in [-0.39, 0.29) is 17.7 Å². The lowest BCUT2D eigenvalue weighted by molar-refractivity contribution is -0.117. The van der Waals surface area contributed by atoms with Crippen molar-refractivity contribution < 1.29 is 14.0 Å². The fourth-order valence-electron chi connectivity index (χ4n) is 3.42. The highest BCUT2D eigenvalue weighted by Gasteiger charge is 2.29. The summed E-state index contributed by atoms with van der Waals surface area (Å²) in [6.07, 6.45) is 1.61. The van der Waals surface area contributed by atoms with Crippen LogP contribution in [0.1, 0.15) is 43.4 Å². The molecular formula is C21H20N2O3. The Hall–Kier alpha value is -3.08. The van der Waals surface area contributed by atoms with Crippen LogP contribution < -0.4 is 10.6 Å². The lowest BCUT2D eigenvalue weighted by atomic mass is 9.88. The van der Waals surface area contributed by atoms with Gasteiger partial charge in [-0.1, -0.05) is 31.2 Å².